The van der Waals surface area contributed by atoms with Gasteiger partial charge in [0.2, 0.25) is 20.0 Å². The van der Waals surface area contributed by atoms with Crippen LogP contribution >= 0.6 is 0 Å². The van der Waals surface area contributed by atoms with Crippen molar-refractivity contribution in [3.05, 3.63) is 59.7 Å². The number of rotatable bonds is 7. The van der Waals surface area contributed by atoms with Gasteiger partial charge in [-0.05, 0) is 42.5 Å². The minimum Gasteiger partial charge on any atom is -0.283 e. The van der Waals surface area contributed by atoms with Crippen LogP contribution in [0.25, 0.3) is 0 Å². The van der Waals surface area contributed by atoms with Crippen molar-refractivity contribution < 1.29 is 16.8 Å². The van der Waals surface area contributed by atoms with Crippen LogP contribution in [0.1, 0.15) is 17.5 Å². The molecule has 0 aliphatic carbocycles. The van der Waals surface area contributed by atoms with Crippen LogP contribution in [-0.2, 0) is 32.9 Å². The van der Waals surface area contributed by atoms with E-state index in [2.05, 4.69) is 4.72 Å². The Morgan fingerprint density at radius 3 is 2.46 bits per heavy atom. The SMILES string of the molecule is CS(=O)(=O)N1CCc2ccc(NS(=O)(=O)CCCc3ccccc3)cc21. The molecule has 0 saturated carbocycles. The smallest absolute Gasteiger partial charge is 0.232 e. The van der Waals surface area contributed by atoms with Crippen LogP contribution in [-0.4, -0.2) is 35.4 Å². The topological polar surface area (TPSA) is 83.6 Å². The van der Waals surface area contributed by atoms with E-state index in [4.69, 9.17) is 0 Å². The van der Waals surface area contributed by atoms with Crippen LogP contribution in [0, 0.1) is 0 Å². The molecule has 1 heterocycles. The molecule has 0 bridgehead atoms. The Bertz CT molecular complexity index is 987. The van der Waals surface area contributed by atoms with Crippen molar-refractivity contribution in [1.82, 2.24) is 0 Å². The average molecular weight is 395 g/mol. The number of anilines is 2. The summed E-state index contributed by atoms with van der Waals surface area (Å²) in [5.41, 5.74) is 2.95. The summed E-state index contributed by atoms with van der Waals surface area (Å²) in [4.78, 5) is 0. The van der Waals surface area contributed by atoms with E-state index in [-0.39, 0.29) is 5.75 Å². The minimum atomic E-state index is -3.49. The molecular formula is C18H22N2O4S2. The molecule has 0 spiro atoms. The third-order valence-corrected chi connectivity index (χ3v) is 6.89. The van der Waals surface area contributed by atoms with E-state index in [9.17, 15) is 16.8 Å². The summed E-state index contributed by atoms with van der Waals surface area (Å²) in [6.45, 7) is 0.390. The second kappa shape index (κ2) is 7.28. The van der Waals surface area contributed by atoms with E-state index in [0.29, 0.717) is 37.2 Å². The Balaban J connectivity index is 1.67. The minimum absolute atomic E-state index is 0.00870. The molecule has 0 saturated heterocycles. The molecule has 0 atom stereocenters. The first-order valence-electron chi connectivity index (χ1n) is 8.40. The zero-order valence-electron chi connectivity index (χ0n) is 14.6. The number of benzene rings is 2. The molecule has 0 unspecified atom stereocenters. The fraction of sp³-hybridized carbons (Fsp3) is 0.333. The first-order chi connectivity index (χ1) is 12.2. The van der Waals surface area contributed by atoms with Gasteiger partial charge in [0, 0.05) is 6.54 Å². The van der Waals surface area contributed by atoms with Gasteiger partial charge in [-0.3, -0.25) is 9.03 Å². The monoisotopic (exact) mass is 394 g/mol. The maximum Gasteiger partial charge on any atom is 0.232 e. The van der Waals surface area contributed by atoms with Gasteiger partial charge in [-0.1, -0.05) is 36.4 Å². The molecule has 3 rings (SSSR count). The van der Waals surface area contributed by atoms with E-state index in [0.717, 1.165) is 17.4 Å². The zero-order chi connectivity index (χ0) is 18.8. The molecule has 0 aromatic heterocycles. The second-order valence-electron chi connectivity index (χ2n) is 6.44. The van der Waals surface area contributed by atoms with Crippen molar-refractivity contribution in [2.45, 2.75) is 19.3 Å². The number of fused-ring (bicyclic) bond motifs is 1. The summed E-state index contributed by atoms with van der Waals surface area (Å²) in [6.07, 6.45) is 2.99. The van der Waals surface area contributed by atoms with Gasteiger partial charge in [0.1, 0.15) is 0 Å². The summed E-state index contributed by atoms with van der Waals surface area (Å²) in [6, 6.07) is 14.8. The highest BCUT2D eigenvalue weighted by atomic mass is 32.2. The lowest BCUT2D eigenvalue weighted by molar-refractivity contribution is 0.597. The molecule has 0 radical (unpaired) electrons. The van der Waals surface area contributed by atoms with Crippen LogP contribution in [0.4, 0.5) is 11.4 Å². The van der Waals surface area contributed by atoms with Gasteiger partial charge in [0.05, 0.1) is 23.4 Å². The number of hydrogen-bond acceptors (Lipinski definition) is 4. The Hall–Kier alpha value is -2.06. The Morgan fingerprint density at radius 1 is 1.04 bits per heavy atom. The van der Waals surface area contributed by atoms with E-state index < -0.39 is 20.0 Å². The molecule has 0 fully saturated rings. The van der Waals surface area contributed by atoms with Crippen LogP contribution in [0.15, 0.2) is 48.5 Å². The Kier molecular flexibility index (Phi) is 5.24. The van der Waals surface area contributed by atoms with Crippen molar-refractivity contribution in [2.24, 2.45) is 0 Å². The third-order valence-electron chi connectivity index (χ3n) is 4.33. The first-order valence-corrected chi connectivity index (χ1v) is 11.9. The van der Waals surface area contributed by atoms with E-state index in [1.807, 2.05) is 30.3 Å². The highest BCUT2D eigenvalue weighted by molar-refractivity contribution is 7.92. The highest BCUT2D eigenvalue weighted by Gasteiger charge is 2.26. The molecule has 2 aromatic carbocycles. The number of hydrogen-bond donors (Lipinski definition) is 1. The van der Waals surface area contributed by atoms with Crippen molar-refractivity contribution in [2.75, 3.05) is 27.6 Å². The van der Waals surface area contributed by atoms with E-state index in [1.54, 1.807) is 18.2 Å². The zero-order valence-corrected chi connectivity index (χ0v) is 16.2. The lowest BCUT2D eigenvalue weighted by Crippen LogP contribution is -2.27. The Morgan fingerprint density at radius 2 is 1.77 bits per heavy atom. The quantitative estimate of drug-likeness (QED) is 0.782. The molecule has 6 nitrogen and oxygen atoms in total. The normalized spacial score (nSPS) is 14.3. The lowest BCUT2D eigenvalue weighted by atomic mass is 10.1. The molecule has 8 heteroatoms. The fourth-order valence-electron chi connectivity index (χ4n) is 3.10. The van der Waals surface area contributed by atoms with Crippen LogP contribution in [0.5, 0.6) is 0 Å². The van der Waals surface area contributed by atoms with Gasteiger partial charge in [-0.25, -0.2) is 16.8 Å². The maximum atomic E-state index is 12.3. The number of sulfonamides is 2. The first kappa shape index (κ1) is 18.7. The van der Waals surface area contributed by atoms with Crippen LogP contribution in [0.3, 0.4) is 0 Å². The molecular weight excluding hydrogens is 372 g/mol. The number of nitrogens with zero attached hydrogens (tertiary/aromatic N) is 1. The maximum absolute atomic E-state index is 12.3. The summed E-state index contributed by atoms with van der Waals surface area (Å²) >= 11 is 0. The van der Waals surface area contributed by atoms with Gasteiger partial charge in [0.25, 0.3) is 0 Å². The molecule has 26 heavy (non-hydrogen) atoms. The number of nitrogens with one attached hydrogen (secondary N) is 1. The number of aryl methyl sites for hydroxylation is 1. The molecule has 1 aliphatic heterocycles. The van der Waals surface area contributed by atoms with Crippen molar-refractivity contribution in [3.8, 4) is 0 Å². The summed E-state index contributed by atoms with van der Waals surface area (Å²) in [5, 5.41) is 0. The lowest BCUT2D eigenvalue weighted by Gasteiger charge is -2.17. The van der Waals surface area contributed by atoms with E-state index in [1.165, 1.54) is 4.31 Å². The molecule has 1 N–H and O–H groups in total. The summed E-state index contributed by atoms with van der Waals surface area (Å²) in [5.74, 6) is 0.00870. The Labute approximate surface area is 155 Å². The van der Waals surface area contributed by atoms with Gasteiger partial charge >= 0.3 is 0 Å². The van der Waals surface area contributed by atoms with Crippen molar-refractivity contribution in [3.63, 3.8) is 0 Å². The standard InChI is InChI=1S/C18H22N2O4S2/c1-25(21,22)20-12-11-16-9-10-17(14-18(16)20)19-26(23,24)13-5-8-15-6-3-2-4-7-15/h2-4,6-7,9-10,14,19H,5,8,11-13H2,1H3. The fourth-order valence-corrected chi connectivity index (χ4v) is 5.16. The van der Waals surface area contributed by atoms with Crippen molar-refractivity contribution >= 4 is 31.4 Å². The van der Waals surface area contributed by atoms with Gasteiger partial charge < -0.3 is 0 Å². The van der Waals surface area contributed by atoms with Gasteiger partial charge in [0.15, 0.2) is 0 Å². The molecule has 2 aromatic rings. The molecule has 140 valence electrons. The average Bonchev–Trinajstić information content (AvgIpc) is 2.98. The van der Waals surface area contributed by atoms with Crippen molar-refractivity contribution in [1.29, 1.82) is 0 Å². The van der Waals surface area contributed by atoms with E-state index >= 15 is 0 Å². The van der Waals surface area contributed by atoms with Crippen LogP contribution < -0.4 is 9.03 Å². The predicted octanol–water partition coefficient (Wildman–Crippen LogP) is 2.38. The molecule has 0 amide bonds. The highest BCUT2D eigenvalue weighted by Crippen LogP contribution is 2.32. The molecule has 1 aliphatic rings. The predicted molar refractivity (Wildman–Crippen MR) is 105 cm³/mol. The third kappa shape index (κ3) is 4.56. The van der Waals surface area contributed by atoms with Gasteiger partial charge in [-0.2, -0.15) is 0 Å². The summed E-state index contributed by atoms with van der Waals surface area (Å²) < 4.78 is 52.2. The largest absolute Gasteiger partial charge is 0.283 e. The van der Waals surface area contributed by atoms with Gasteiger partial charge in [-0.15, -0.1) is 0 Å². The van der Waals surface area contributed by atoms with Crippen LogP contribution in [0.2, 0.25) is 0 Å². The second-order valence-corrected chi connectivity index (χ2v) is 10.2. The summed E-state index contributed by atoms with van der Waals surface area (Å²) in [7, 11) is -6.86.